The minimum atomic E-state index is -2.09. The second-order valence-corrected chi connectivity index (χ2v) is 13.8. The number of phenolic OH excluding ortho intramolecular Hbond substituents is 1. The largest absolute Gasteiger partial charge is 0.502 e. The molecule has 49 heavy (non-hydrogen) atoms. The molecule has 0 radical (unpaired) electrons. The molecule has 2 heterocycles. The molecule has 2 aliphatic heterocycles. The Bertz CT molecular complexity index is 1300. The van der Waals surface area contributed by atoms with Gasteiger partial charge in [0.2, 0.25) is 5.75 Å². The molecular formula is C33H50O16. The molecule has 3 aliphatic rings. The lowest BCUT2D eigenvalue weighted by molar-refractivity contribution is -0.314. The van der Waals surface area contributed by atoms with Crippen LogP contribution in [0, 0.1) is 11.3 Å². The Hall–Kier alpha value is -2.61. The molecule has 0 spiro atoms. The topological polar surface area (TPSA) is 244 Å². The van der Waals surface area contributed by atoms with Gasteiger partial charge in [-0.05, 0) is 43.2 Å². The van der Waals surface area contributed by atoms with E-state index in [1.807, 2.05) is 20.8 Å². The number of aliphatic hydroxyl groups excluding tert-OH is 5. The van der Waals surface area contributed by atoms with Gasteiger partial charge in [-0.15, -0.1) is 0 Å². The molecule has 0 bridgehead atoms. The minimum Gasteiger partial charge on any atom is -0.502 e. The van der Waals surface area contributed by atoms with Crippen LogP contribution in [0.5, 0.6) is 17.2 Å². The third kappa shape index (κ3) is 8.15. The van der Waals surface area contributed by atoms with Gasteiger partial charge in [-0.25, -0.2) is 4.79 Å². The Balaban J connectivity index is 1.33. The number of phenols is 1. The van der Waals surface area contributed by atoms with E-state index in [1.54, 1.807) is 19.1 Å². The van der Waals surface area contributed by atoms with Crippen LogP contribution in [0.25, 0.3) is 0 Å². The molecule has 16 nitrogen and oxygen atoms in total. The third-order valence-electron chi connectivity index (χ3n) is 9.74. The van der Waals surface area contributed by atoms with Crippen LogP contribution in [0.1, 0.15) is 50.9 Å². The molecule has 4 rings (SSSR count). The third-order valence-corrected chi connectivity index (χ3v) is 9.74. The number of rotatable bonds is 12. The molecule has 8 N–H and O–H groups in total. The number of carbonyl (C=O) groups excluding carboxylic acids is 1. The van der Waals surface area contributed by atoms with Crippen LogP contribution in [-0.4, -0.2) is 147 Å². The number of benzene rings is 1. The SMILES string of the molecule is COc1cc(C(=O)OC[C@@]2(O)CO[C@@H](OC[C@H]3O[C@@H](O[C@@H](C)C=C[C@@]4(O)[C@H](C)C[C@H](O)CC4(C)C)[C@H](O)[C@@H](O)[C@@H]3O)[C@@H]2O)cc(OC)c1O. The van der Waals surface area contributed by atoms with Crippen molar-refractivity contribution in [3.8, 4) is 17.2 Å². The van der Waals surface area contributed by atoms with Crippen molar-refractivity contribution >= 4 is 5.97 Å². The molecule has 3 fully saturated rings. The summed E-state index contributed by atoms with van der Waals surface area (Å²) in [5.74, 6) is -1.61. The Kier molecular flexibility index (Phi) is 12.3. The maximum absolute atomic E-state index is 12.7. The van der Waals surface area contributed by atoms with Crippen molar-refractivity contribution in [3.05, 3.63) is 29.8 Å². The summed E-state index contributed by atoms with van der Waals surface area (Å²) >= 11 is 0. The molecule has 0 aromatic heterocycles. The van der Waals surface area contributed by atoms with Gasteiger partial charge < -0.3 is 74.0 Å². The van der Waals surface area contributed by atoms with Crippen LogP contribution in [0.3, 0.4) is 0 Å². The summed E-state index contributed by atoms with van der Waals surface area (Å²) in [5.41, 5.74) is -4.05. The summed E-state index contributed by atoms with van der Waals surface area (Å²) in [4.78, 5) is 12.7. The smallest absolute Gasteiger partial charge is 0.338 e. The highest BCUT2D eigenvalue weighted by molar-refractivity contribution is 5.91. The highest BCUT2D eigenvalue weighted by Gasteiger charge is 2.52. The fourth-order valence-corrected chi connectivity index (χ4v) is 6.58. The van der Waals surface area contributed by atoms with Gasteiger partial charge in [0.25, 0.3) is 0 Å². The highest BCUT2D eigenvalue weighted by atomic mass is 16.7. The van der Waals surface area contributed by atoms with Crippen LogP contribution >= 0.6 is 0 Å². The summed E-state index contributed by atoms with van der Waals surface area (Å²) in [7, 11) is 2.56. The molecule has 0 unspecified atom stereocenters. The van der Waals surface area contributed by atoms with E-state index in [0.717, 1.165) is 0 Å². The number of carbonyl (C=O) groups is 1. The van der Waals surface area contributed by atoms with Gasteiger partial charge in [-0.1, -0.05) is 32.9 Å². The van der Waals surface area contributed by atoms with Crippen molar-refractivity contribution in [2.24, 2.45) is 11.3 Å². The minimum absolute atomic E-state index is 0.0516. The van der Waals surface area contributed by atoms with E-state index in [9.17, 15) is 45.6 Å². The second-order valence-electron chi connectivity index (χ2n) is 13.8. The van der Waals surface area contributed by atoms with E-state index in [1.165, 1.54) is 26.4 Å². The zero-order valence-electron chi connectivity index (χ0n) is 28.5. The van der Waals surface area contributed by atoms with Crippen LogP contribution in [0.15, 0.2) is 24.3 Å². The molecule has 1 saturated carbocycles. The van der Waals surface area contributed by atoms with Crippen molar-refractivity contribution in [2.45, 2.75) is 107 Å². The molecule has 1 aliphatic carbocycles. The fourth-order valence-electron chi connectivity index (χ4n) is 6.58. The van der Waals surface area contributed by atoms with Gasteiger partial charge in [0.15, 0.2) is 29.7 Å². The molecule has 16 heteroatoms. The van der Waals surface area contributed by atoms with E-state index >= 15 is 0 Å². The monoisotopic (exact) mass is 702 g/mol. The van der Waals surface area contributed by atoms with Gasteiger partial charge in [0.1, 0.15) is 37.1 Å². The Morgan fingerprint density at radius 3 is 2.24 bits per heavy atom. The quantitative estimate of drug-likeness (QED) is 0.0996. The Morgan fingerprint density at radius 1 is 1.02 bits per heavy atom. The Labute approximate surface area is 284 Å². The van der Waals surface area contributed by atoms with Crippen LogP contribution < -0.4 is 9.47 Å². The molecule has 12 atom stereocenters. The number of methoxy groups -OCH3 is 2. The average Bonchev–Trinajstić information content (AvgIpc) is 3.33. The summed E-state index contributed by atoms with van der Waals surface area (Å²) in [5, 5.41) is 85.2. The van der Waals surface area contributed by atoms with Crippen LogP contribution in [0.2, 0.25) is 0 Å². The first-order chi connectivity index (χ1) is 22.9. The van der Waals surface area contributed by atoms with Crippen LogP contribution in [0.4, 0.5) is 0 Å². The van der Waals surface area contributed by atoms with Gasteiger partial charge in [0, 0.05) is 0 Å². The van der Waals surface area contributed by atoms with E-state index < -0.39 is 97.7 Å². The van der Waals surface area contributed by atoms with E-state index in [2.05, 4.69) is 0 Å². The first-order valence-electron chi connectivity index (χ1n) is 16.1. The van der Waals surface area contributed by atoms with Gasteiger partial charge >= 0.3 is 5.97 Å². The van der Waals surface area contributed by atoms with Crippen molar-refractivity contribution in [1.29, 1.82) is 0 Å². The average molecular weight is 703 g/mol. The maximum atomic E-state index is 12.7. The van der Waals surface area contributed by atoms with E-state index in [4.69, 9.17) is 33.2 Å². The predicted molar refractivity (Wildman–Crippen MR) is 168 cm³/mol. The number of hydrogen-bond donors (Lipinski definition) is 8. The lowest BCUT2D eigenvalue weighted by atomic mass is 9.60. The highest BCUT2D eigenvalue weighted by Crippen LogP contribution is 2.48. The molecular weight excluding hydrogens is 652 g/mol. The molecule has 2 saturated heterocycles. The normalized spacial score (nSPS) is 38.3. The molecule has 1 aromatic carbocycles. The van der Waals surface area contributed by atoms with E-state index in [0.29, 0.717) is 12.8 Å². The lowest BCUT2D eigenvalue weighted by Gasteiger charge is -2.50. The standard InChI is InChI=1S/C33H50O16/c1-16-9-19(34)12-31(3,4)33(16,42)8-7-17(2)48-29-26(38)25(37)24(36)22(49-29)13-45-30-27(39)32(41,15-47-30)14-46-28(40)18-10-20(43-5)23(35)21(11-18)44-6/h7-8,10-11,16-17,19,22,24-27,29-30,34-39,41-42H,9,12-15H2,1-6H3/t16-,17+,19+,22-,24-,25+,26-,27+,29-,30-,32-,33-/m1/s1. The summed E-state index contributed by atoms with van der Waals surface area (Å²) < 4.78 is 37.8. The lowest BCUT2D eigenvalue weighted by Crippen LogP contribution is -2.60. The van der Waals surface area contributed by atoms with Gasteiger partial charge in [0.05, 0.1) is 50.8 Å². The molecule has 278 valence electrons. The van der Waals surface area contributed by atoms with Crippen molar-refractivity contribution in [1.82, 2.24) is 0 Å². The first kappa shape index (κ1) is 39.2. The second kappa shape index (κ2) is 15.3. The van der Waals surface area contributed by atoms with Crippen molar-refractivity contribution in [3.63, 3.8) is 0 Å². The van der Waals surface area contributed by atoms with Crippen molar-refractivity contribution < 1.29 is 78.8 Å². The Morgan fingerprint density at radius 2 is 1.65 bits per heavy atom. The zero-order valence-corrected chi connectivity index (χ0v) is 28.5. The molecule has 1 aromatic rings. The maximum Gasteiger partial charge on any atom is 0.338 e. The first-order valence-corrected chi connectivity index (χ1v) is 16.1. The van der Waals surface area contributed by atoms with Crippen LogP contribution in [-0.2, 0) is 23.7 Å². The number of ether oxygens (including phenoxy) is 7. The number of aliphatic hydroxyl groups is 7. The van der Waals surface area contributed by atoms with Gasteiger partial charge in [-0.3, -0.25) is 0 Å². The summed E-state index contributed by atoms with van der Waals surface area (Å²) in [6.07, 6.45) is -8.09. The number of hydrogen-bond acceptors (Lipinski definition) is 16. The number of aromatic hydroxyl groups is 1. The summed E-state index contributed by atoms with van der Waals surface area (Å²) in [6, 6.07) is 2.42. The van der Waals surface area contributed by atoms with E-state index in [-0.39, 0.29) is 28.7 Å². The van der Waals surface area contributed by atoms with Crippen molar-refractivity contribution in [2.75, 3.05) is 34.0 Å². The zero-order chi connectivity index (χ0) is 36.5. The number of esters is 1. The van der Waals surface area contributed by atoms with Gasteiger partial charge in [-0.2, -0.15) is 0 Å². The summed E-state index contributed by atoms with van der Waals surface area (Å²) in [6.45, 7) is 5.53. The molecule has 0 amide bonds. The predicted octanol–water partition coefficient (Wildman–Crippen LogP) is -0.652. The fraction of sp³-hybridized carbons (Fsp3) is 0.727.